The maximum absolute atomic E-state index is 10.4. The first-order valence-electron chi connectivity index (χ1n) is 3.21. The fourth-order valence-electron chi connectivity index (χ4n) is 0.458. The highest BCUT2D eigenvalue weighted by Crippen LogP contribution is 1.98. The van der Waals surface area contributed by atoms with Crippen LogP contribution < -0.4 is 5.32 Å². The summed E-state index contributed by atoms with van der Waals surface area (Å²) >= 11 is 1.45. The van der Waals surface area contributed by atoms with Crippen molar-refractivity contribution >= 4 is 22.8 Å². The Balaban J connectivity index is 0.000000371. The van der Waals surface area contributed by atoms with Crippen molar-refractivity contribution in [1.29, 1.82) is 0 Å². The molecule has 0 bridgehead atoms. The van der Waals surface area contributed by atoms with E-state index in [1.165, 1.54) is 11.8 Å². The summed E-state index contributed by atoms with van der Waals surface area (Å²) in [5, 5.41) is 3.31. The average Bonchev–Trinajstić information content (AvgIpc) is 2.40. The van der Waals surface area contributed by atoms with Crippen molar-refractivity contribution in [2.75, 3.05) is 12.8 Å². The molecule has 4 heteroatoms. The number of carbonyl (C=O) groups excluding carboxylic acids is 1. The molecule has 1 aliphatic heterocycles. The van der Waals surface area contributed by atoms with Crippen LogP contribution in [0, 0.1) is 0 Å². The lowest BCUT2D eigenvalue weighted by atomic mass is 10.7. The lowest BCUT2D eigenvalue weighted by Gasteiger charge is -1.89. The van der Waals surface area contributed by atoms with Gasteiger partial charge in [-0.3, -0.25) is 9.79 Å². The molecular formula is C6H12N2OS. The van der Waals surface area contributed by atoms with Crippen LogP contribution in [0.1, 0.15) is 13.8 Å². The van der Waals surface area contributed by atoms with Gasteiger partial charge in [-0.2, -0.15) is 0 Å². The molecule has 0 aliphatic carbocycles. The molecule has 0 atom stereocenters. The number of aliphatic imine (C=N–C) groups is 1. The second kappa shape index (κ2) is 5.29. The summed E-state index contributed by atoms with van der Waals surface area (Å²) < 4.78 is 0. The number of nitrogens with one attached hydrogen (secondary N) is 1. The molecule has 1 heterocycles. The Morgan fingerprint density at radius 3 is 2.40 bits per heavy atom. The van der Waals surface area contributed by atoms with Gasteiger partial charge >= 0.3 is 0 Å². The second-order valence-corrected chi connectivity index (χ2v) is 2.17. The van der Waals surface area contributed by atoms with Crippen molar-refractivity contribution in [2.24, 2.45) is 4.99 Å². The number of rotatable bonds is 0. The van der Waals surface area contributed by atoms with Crippen molar-refractivity contribution < 1.29 is 4.79 Å². The van der Waals surface area contributed by atoms with Gasteiger partial charge in [0.25, 0.3) is 0 Å². The van der Waals surface area contributed by atoms with Crippen molar-refractivity contribution in [3.8, 4) is 0 Å². The zero-order valence-corrected chi connectivity index (χ0v) is 7.29. The largest absolute Gasteiger partial charge is 0.304 e. The summed E-state index contributed by atoms with van der Waals surface area (Å²) in [6, 6.07) is 0. The van der Waals surface area contributed by atoms with Gasteiger partial charge in [0, 0.05) is 0 Å². The van der Waals surface area contributed by atoms with Crippen LogP contribution >= 0.6 is 11.8 Å². The zero-order valence-electron chi connectivity index (χ0n) is 6.47. The molecule has 58 valence electrons. The van der Waals surface area contributed by atoms with Crippen molar-refractivity contribution in [3.63, 3.8) is 0 Å². The Kier molecular flexibility index (Phi) is 5.02. The monoisotopic (exact) mass is 160 g/mol. The lowest BCUT2D eigenvalue weighted by molar-refractivity contribution is -0.117. The van der Waals surface area contributed by atoms with Gasteiger partial charge in [-0.05, 0) is 6.26 Å². The summed E-state index contributed by atoms with van der Waals surface area (Å²) in [5.74, 6) is -0.00523. The van der Waals surface area contributed by atoms with E-state index in [1.807, 2.05) is 20.1 Å². The van der Waals surface area contributed by atoms with Crippen LogP contribution in [0.2, 0.25) is 0 Å². The number of thioether (sulfide) groups is 1. The molecule has 1 aliphatic rings. The normalized spacial score (nSPS) is 15.1. The quantitative estimate of drug-likeness (QED) is 0.571. The molecule has 1 amide bonds. The zero-order chi connectivity index (χ0) is 7.98. The van der Waals surface area contributed by atoms with Crippen LogP contribution in [-0.2, 0) is 4.79 Å². The molecule has 0 radical (unpaired) electrons. The van der Waals surface area contributed by atoms with Gasteiger partial charge in [-0.25, -0.2) is 0 Å². The predicted molar refractivity (Wildman–Crippen MR) is 45.3 cm³/mol. The Labute approximate surface area is 65.3 Å². The van der Waals surface area contributed by atoms with E-state index in [0.717, 1.165) is 5.17 Å². The van der Waals surface area contributed by atoms with E-state index >= 15 is 0 Å². The summed E-state index contributed by atoms with van der Waals surface area (Å²) in [6.45, 7) is 4.30. The third-order valence-corrected chi connectivity index (χ3v) is 1.42. The molecule has 0 aromatic heterocycles. The lowest BCUT2D eigenvalue weighted by Crippen LogP contribution is -2.21. The fraction of sp³-hybridized carbons (Fsp3) is 0.667. The van der Waals surface area contributed by atoms with Gasteiger partial charge < -0.3 is 5.32 Å². The number of hydrogen-bond donors (Lipinski definition) is 1. The van der Waals surface area contributed by atoms with Crippen molar-refractivity contribution in [1.82, 2.24) is 5.32 Å². The van der Waals surface area contributed by atoms with E-state index in [9.17, 15) is 4.79 Å². The number of nitrogens with zero attached hydrogens (tertiary/aromatic N) is 1. The van der Waals surface area contributed by atoms with Gasteiger partial charge in [0.1, 0.15) is 6.54 Å². The molecule has 10 heavy (non-hydrogen) atoms. The van der Waals surface area contributed by atoms with E-state index < -0.39 is 0 Å². The first kappa shape index (κ1) is 9.49. The first-order valence-corrected chi connectivity index (χ1v) is 4.43. The molecule has 0 saturated heterocycles. The molecule has 0 saturated carbocycles. The van der Waals surface area contributed by atoms with Crippen LogP contribution in [0.3, 0.4) is 0 Å². The first-order chi connectivity index (χ1) is 4.83. The number of amides is 1. The summed E-state index contributed by atoms with van der Waals surface area (Å²) in [6.07, 6.45) is 1.88. The smallest absolute Gasteiger partial charge is 0.247 e. The third kappa shape index (κ3) is 2.87. The minimum atomic E-state index is -0.00523. The van der Waals surface area contributed by atoms with E-state index in [1.54, 1.807) is 0 Å². The Bertz CT molecular complexity index is 145. The third-order valence-electron chi connectivity index (χ3n) is 0.806. The minimum Gasteiger partial charge on any atom is -0.304 e. The highest BCUT2D eigenvalue weighted by Gasteiger charge is 2.10. The van der Waals surface area contributed by atoms with Crippen molar-refractivity contribution in [3.05, 3.63) is 0 Å². The maximum atomic E-state index is 10.4. The van der Waals surface area contributed by atoms with Crippen LogP contribution in [0.25, 0.3) is 0 Å². The molecule has 1 N–H and O–H groups in total. The molecule has 1 rings (SSSR count). The summed E-state index contributed by atoms with van der Waals surface area (Å²) in [5.41, 5.74) is 0. The van der Waals surface area contributed by atoms with Crippen LogP contribution in [0.4, 0.5) is 0 Å². The molecular weight excluding hydrogens is 148 g/mol. The van der Waals surface area contributed by atoms with Gasteiger partial charge in [-0.15, -0.1) is 0 Å². The SMILES string of the molecule is CC.CSC1=NCC(=O)N1. The van der Waals surface area contributed by atoms with Gasteiger partial charge in [-0.1, -0.05) is 25.6 Å². The number of carbonyl (C=O) groups is 1. The predicted octanol–water partition coefficient (Wildman–Crippen LogP) is 0.861. The van der Waals surface area contributed by atoms with E-state index in [2.05, 4.69) is 10.3 Å². The van der Waals surface area contributed by atoms with Gasteiger partial charge in [0.15, 0.2) is 5.17 Å². The molecule has 0 aromatic carbocycles. The standard InChI is InChI=1S/C4H6N2OS.C2H6/c1-8-4-5-2-3(7)6-4;1-2/h2H2,1H3,(H,5,6,7);1-2H3. The second-order valence-electron chi connectivity index (χ2n) is 1.37. The minimum absolute atomic E-state index is 0.00523. The van der Waals surface area contributed by atoms with Crippen molar-refractivity contribution in [2.45, 2.75) is 13.8 Å². The molecule has 0 spiro atoms. The summed E-state index contributed by atoms with van der Waals surface area (Å²) in [7, 11) is 0. The fourth-order valence-corrected chi connectivity index (χ4v) is 0.867. The molecule has 0 aromatic rings. The Morgan fingerprint density at radius 1 is 1.60 bits per heavy atom. The highest BCUT2D eigenvalue weighted by molar-refractivity contribution is 8.13. The van der Waals surface area contributed by atoms with Gasteiger partial charge in [0.05, 0.1) is 0 Å². The summed E-state index contributed by atoms with van der Waals surface area (Å²) in [4.78, 5) is 14.2. The highest BCUT2D eigenvalue weighted by atomic mass is 32.2. The molecule has 3 nitrogen and oxygen atoms in total. The average molecular weight is 160 g/mol. The van der Waals surface area contributed by atoms with E-state index in [-0.39, 0.29) is 5.91 Å². The maximum Gasteiger partial charge on any atom is 0.247 e. The van der Waals surface area contributed by atoms with E-state index in [0.29, 0.717) is 6.54 Å². The van der Waals surface area contributed by atoms with Gasteiger partial charge in [0.2, 0.25) is 5.91 Å². The number of amidine groups is 1. The Hall–Kier alpha value is -0.510. The van der Waals surface area contributed by atoms with Crippen LogP contribution in [0.5, 0.6) is 0 Å². The number of hydrogen-bond acceptors (Lipinski definition) is 3. The van der Waals surface area contributed by atoms with Crippen LogP contribution in [0.15, 0.2) is 4.99 Å². The molecule has 0 unspecified atom stereocenters. The van der Waals surface area contributed by atoms with E-state index in [4.69, 9.17) is 0 Å². The topological polar surface area (TPSA) is 41.5 Å². The Morgan fingerprint density at radius 2 is 2.20 bits per heavy atom. The van der Waals surface area contributed by atoms with Crippen LogP contribution in [-0.4, -0.2) is 23.9 Å². The molecule has 0 fully saturated rings.